The van der Waals surface area contributed by atoms with Gasteiger partial charge < -0.3 is 11.5 Å². The van der Waals surface area contributed by atoms with Crippen LogP contribution in [0.5, 0.6) is 0 Å². The zero-order valence-electron chi connectivity index (χ0n) is 13.0. The molecule has 0 aliphatic carbocycles. The molecule has 0 aliphatic heterocycles. The van der Waals surface area contributed by atoms with Crippen LogP contribution in [0.2, 0.25) is 5.15 Å². The van der Waals surface area contributed by atoms with Crippen LogP contribution in [0, 0.1) is 6.92 Å². The predicted molar refractivity (Wildman–Crippen MR) is 89.1 cm³/mol. The summed E-state index contributed by atoms with van der Waals surface area (Å²) in [6.45, 7) is 12.1. The van der Waals surface area contributed by atoms with E-state index in [4.69, 9.17) is 23.1 Å². The molecule has 1 amide bonds. The highest BCUT2D eigenvalue weighted by Crippen LogP contribution is 2.18. The van der Waals surface area contributed by atoms with E-state index in [9.17, 15) is 4.79 Å². The number of carbonyl (C=O) groups is 1. The number of anilines is 1. The second kappa shape index (κ2) is 9.51. The van der Waals surface area contributed by atoms with Gasteiger partial charge in [0.25, 0.3) is 5.91 Å². The number of hydrogen-bond donors (Lipinski definition) is 2. The zero-order chi connectivity index (χ0) is 17.3. The maximum Gasteiger partial charge on any atom is 0.271 e. The molecule has 0 unspecified atom stereocenters. The van der Waals surface area contributed by atoms with Gasteiger partial charge in [-0.15, -0.1) is 13.2 Å². The highest BCUT2D eigenvalue weighted by Gasteiger charge is 2.15. The zero-order valence-corrected chi connectivity index (χ0v) is 13.8. The smallest absolute Gasteiger partial charge is 0.271 e. The summed E-state index contributed by atoms with van der Waals surface area (Å²) in [5.41, 5.74) is 11.3. The van der Waals surface area contributed by atoms with Crippen molar-refractivity contribution in [3.63, 3.8) is 0 Å². The Morgan fingerprint density at radius 3 is 2.32 bits per heavy atom. The van der Waals surface area contributed by atoms with Crippen molar-refractivity contribution in [2.45, 2.75) is 27.2 Å². The van der Waals surface area contributed by atoms with Crippen molar-refractivity contribution in [1.82, 2.24) is 19.7 Å². The van der Waals surface area contributed by atoms with Crippen molar-refractivity contribution < 1.29 is 4.79 Å². The maximum atomic E-state index is 11.0. The van der Waals surface area contributed by atoms with Crippen LogP contribution >= 0.6 is 11.6 Å². The molecule has 2 heterocycles. The van der Waals surface area contributed by atoms with Gasteiger partial charge in [0.2, 0.25) is 0 Å². The lowest BCUT2D eigenvalue weighted by molar-refractivity contribution is 0.0996. The topological polar surface area (TPSA) is 113 Å². The van der Waals surface area contributed by atoms with E-state index in [0.29, 0.717) is 0 Å². The normalized spacial score (nSPS) is 9.09. The molecule has 0 saturated heterocycles. The Balaban J connectivity index is 0.000000789. The van der Waals surface area contributed by atoms with E-state index in [1.807, 2.05) is 6.92 Å². The van der Waals surface area contributed by atoms with Crippen molar-refractivity contribution in [3.05, 3.63) is 42.0 Å². The Morgan fingerprint density at radius 1 is 1.36 bits per heavy atom. The van der Waals surface area contributed by atoms with E-state index < -0.39 is 5.91 Å². The van der Waals surface area contributed by atoms with Crippen LogP contribution in [0.1, 0.15) is 36.5 Å². The van der Waals surface area contributed by atoms with Crippen LogP contribution in [0.4, 0.5) is 5.82 Å². The van der Waals surface area contributed by atoms with Gasteiger partial charge in [-0.25, -0.2) is 14.6 Å². The van der Waals surface area contributed by atoms with Gasteiger partial charge in [-0.1, -0.05) is 31.9 Å². The molecule has 0 aromatic carbocycles. The summed E-state index contributed by atoms with van der Waals surface area (Å²) < 4.78 is 1.42. The van der Waals surface area contributed by atoms with Gasteiger partial charge in [-0.3, -0.25) is 4.79 Å². The minimum atomic E-state index is -0.778. The second-order valence-corrected chi connectivity index (χ2v) is 4.40. The Labute approximate surface area is 135 Å². The summed E-state index contributed by atoms with van der Waals surface area (Å²) in [5, 5.41) is 4.13. The van der Waals surface area contributed by atoms with Gasteiger partial charge >= 0.3 is 0 Å². The molecule has 2 rings (SSSR count). The van der Waals surface area contributed by atoms with Gasteiger partial charge in [-0.05, 0) is 13.0 Å². The highest BCUT2D eigenvalue weighted by atomic mass is 35.5. The molecule has 4 N–H and O–H groups in total. The van der Waals surface area contributed by atoms with Gasteiger partial charge in [0.1, 0.15) is 0 Å². The van der Waals surface area contributed by atoms with Crippen molar-refractivity contribution in [2.24, 2.45) is 5.73 Å². The average Bonchev–Trinajstić information content (AvgIpc) is 2.90. The molecule has 0 atom stereocenters. The summed E-state index contributed by atoms with van der Waals surface area (Å²) in [7, 11) is 0. The number of nitrogens with zero attached hydrogens (tertiary/aromatic N) is 4. The molecular weight excluding hydrogens is 304 g/mol. The van der Waals surface area contributed by atoms with E-state index in [2.05, 4.69) is 42.1 Å². The van der Waals surface area contributed by atoms with E-state index in [1.165, 1.54) is 11.1 Å². The standard InChI is InChI=1S/C9H9ClN6O.C3H8.C2H4/c1-4-2-3-16(15-4)9-6(10)13-5(8(12)17)7(11)14-9;1-3-2;1-2/h2-3H,1H3,(H2,11,14)(H2,12,17);3H2,1-2H3;1-2H2. The molecule has 8 heteroatoms. The monoisotopic (exact) mass is 324 g/mol. The van der Waals surface area contributed by atoms with Gasteiger partial charge in [-0.2, -0.15) is 5.10 Å². The number of nitrogen functional groups attached to an aromatic ring is 1. The summed E-state index contributed by atoms with van der Waals surface area (Å²) >= 11 is 5.89. The number of nitrogens with two attached hydrogens (primary N) is 2. The third-order valence-corrected chi connectivity index (χ3v) is 2.29. The minimum Gasteiger partial charge on any atom is -0.382 e. The first-order valence-electron chi connectivity index (χ1n) is 6.56. The predicted octanol–water partition coefficient (Wildman–Crippen LogP) is 2.52. The number of rotatable bonds is 2. The molecule has 0 radical (unpaired) electrons. The minimum absolute atomic E-state index is 0.0103. The Hall–Kier alpha value is -2.41. The van der Waals surface area contributed by atoms with Crippen molar-refractivity contribution in [2.75, 3.05) is 5.73 Å². The van der Waals surface area contributed by atoms with Crippen molar-refractivity contribution >= 4 is 23.3 Å². The SMILES string of the molecule is C=C.CCC.Cc1ccn(-c2nc(N)c(C(N)=O)nc2Cl)n1. The summed E-state index contributed by atoms with van der Waals surface area (Å²) in [5.74, 6) is -0.604. The van der Waals surface area contributed by atoms with Crippen LogP contribution in [0.25, 0.3) is 5.82 Å². The third-order valence-electron chi connectivity index (χ3n) is 2.04. The lowest BCUT2D eigenvalue weighted by Gasteiger charge is -2.06. The first kappa shape index (κ1) is 19.6. The fourth-order valence-corrected chi connectivity index (χ4v) is 1.49. The Morgan fingerprint density at radius 2 is 1.91 bits per heavy atom. The van der Waals surface area contributed by atoms with E-state index in [1.54, 1.807) is 12.3 Å². The summed E-state index contributed by atoms with van der Waals surface area (Å²) in [6, 6.07) is 1.77. The quantitative estimate of drug-likeness (QED) is 0.824. The first-order chi connectivity index (χ1) is 10.4. The number of carbonyl (C=O) groups excluding carboxylic acids is 1. The molecule has 2 aromatic heterocycles. The fraction of sp³-hybridized carbons (Fsp3) is 0.286. The fourth-order valence-electron chi connectivity index (χ4n) is 1.28. The van der Waals surface area contributed by atoms with Crippen LogP contribution < -0.4 is 11.5 Å². The molecule has 7 nitrogen and oxygen atoms in total. The molecule has 0 aliphatic rings. The van der Waals surface area contributed by atoms with Gasteiger partial charge in [0.15, 0.2) is 22.5 Å². The van der Waals surface area contributed by atoms with Crippen LogP contribution in [-0.2, 0) is 0 Å². The number of hydrogen-bond acceptors (Lipinski definition) is 5. The molecule has 0 bridgehead atoms. The molecule has 22 heavy (non-hydrogen) atoms. The molecule has 0 saturated carbocycles. The lowest BCUT2D eigenvalue weighted by atomic mass is 10.4. The third kappa shape index (κ3) is 5.17. The summed E-state index contributed by atoms with van der Waals surface area (Å²) in [6.07, 6.45) is 2.91. The Bertz CT molecular complexity index is 626. The van der Waals surface area contributed by atoms with Crippen molar-refractivity contribution in [1.29, 1.82) is 0 Å². The molecule has 120 valence electrons. The summed E-state index contributed by atoms with van der Waals surface area (Å²) in [4.78, 5) is 18.7. The maximum absolute atomic E-state index is 11.0. The van der Waals surface area contributed by atoms with Gasteiger partial charge in [0, 0.05) is 6.20 Å². The number of primary amides is 1. The molecule has 2 aromatic rings. The van der Waals surface area contributed by atoms with Crippen molar-refractivity contribution in [3.8, 4) is 5.82 Å². The number of amides is 1. The molecule has 0 spiro atoms. The van der Waals surface area contributed by atoms with E-state index >= 15 is 0 Å². The number of aryl methyl sites for hydroxylation is 1. The van der Waals surface area contributed by atoms with E-state index in [-0.39, 0.29) is 22.5 Å². The number of aromatic nitrogens is 4. The van der Waals surface area contributed by atoms with Gasteiger partial charge in [0.05, 0.1) is 5.69 Å². The molecular formula is C14H21ClN6O. The van der Waals surface area contributed by atoms with Crippen LogP contribution in [-0.4, -0.2) is 25.7 Å². The average molecular weight is 325 g/mol. The highest BCUT2D eigenvalue weighted by molar-refractivity contribution is 6.31. The van der Waals surface area contributed by atoms with E-state index in [0.717, 1.165) is 5.69 Å². The molecule has 0 fully saturated rings. The second-order valence-electron chi connectivity index (χ2n) is 4.04. The van der Waals surface area contributed by atoms with Crippen LogP contribution in [0.3, 0.4) is 0 Å². The Kier molecular flexibility index (Phi) is 8.47. The lowest BCUT2D eigenvalue weighted by Crippen LogP contribution is -2.18. The number of halogens is 1. The first-order valence-corrected chi connectivity index (χ1v) is 6.93. The largest absolute Gasteiger partial charge is 0.382 e. The van der Waals surface area contributed by atoms with Crippen LogP contribution in [0.15, 0.2) is 25.4 Å².